The van der Waals surface area contributed by atoms with Gasteiger partial charge in [0.2, 0.25) is 5.91 Å². The minimum atomic E-state index is -3.73. The minimum absolute atomic E-state index is 0.0458. The van der Waals surface area contributed by atoms with E-state index in [1.165, 1.54) is 12.1 Å². The maximum atomic E-state index is 12.6. The van der Waals surface area contributed by atoms with E-state index in [0.717, 1.165) is 30.4 Å². The largest absolute Gasteiger partial charge is 0.353 e. The van der Waals surface area contributed by atoms with Gasteiger partial charge >= 0.3 is 0 Å². The highest BCUT2D eigenvalue weighted by molar-refractivity contribution is 7.92. The molecule has 1 aliphatic carbocycles. The second-order valence-corrected chi connectivity index (χ2v) is 9.55. The normalized spacial score (nSPS) is 16.3. The SMILES string of the molecule is CCC(C)NC(=O)C1(c2ccc(NS(=O)(=O)c3ccc(C)c(Cl)c3)cc2)CC1. The zero-order valence-corrected chi connectivity index (χ0v) is 17.8. The quantitative estimate of drug-likeness (QED) is 0.697. The van der Waals surface area contributed by atoms with E-state index < -0.39 is 15.4 Å². The van der Waals surface area contributed by atoms with Gasteiger partial charge in [0.25, 0.3) is 10.0 Å². The molecular weight excluding hydrogens is 396 g/mol. The van der Waals surface area contributed by atoms with Crippen LogP contribution in [0.3, 0.4) is 0 Å². The highest BCUT2D eigenvalue weighted by atomic mass is 35.5. The number of sulfonamides is 1. The molecule has 0 radical (unpaired) electrons. The predicted molar refractivity (Wildman–Crippen MR) is 112 cm³/mol. The summed E-state index contributed by atoms with van der Waals surface area (Å²) in [5, 5.41) is 3.46. The number of benzene rings is 2. The Morgan fingerprint density at radius 3 is 2.36 bits per heavy atom. The van der Waals surface area contributed by atoms with Crippen molar-refractivity contribution in [3.63, 3.8) is 0 Å². The molecule has 150 valence electrons. The highest BCUT2D eigenvalue weighted by Gasteiger charge is 2.51. The molecule has 0 saturated heterocycles. The molecule has 1 fully saturated rings. The lowest BCUT2D eigenvalue weighted by molar-refractivity contribution is -0.124. The smallest absolute Gasteiger partial charge is 0.261 e. The van der Waals surface area contributed by atoms with Crippen molar-refractivity contribution >= 4 is 33.2 Å². The fraction of sp³-hybridized carbons (Fsp3) is 0.381. The van der Waals surface area contributed by atoms with Crippen LogP contribution >= 0.6 is 11.6 Å². The number of hydrogen-bond acceptors (Lipinski definition) is 3. The van der Waals surface area contributed by atoms with Crippen LogP contribution in [-0.4, -0.2) is 20.4 Å². The molecule has 0 bridgehead atoms. The molecule has 0 heterocycles. The Labute approximate surface area is 171 Å². The van der Waals surface area contributed by atoms with Gasteiger partial charge in [-0.2, -0.15) is 0 Å². The van der Waals surface area contributed by atoms with Gasteiger partial charge < -0.3 is 5.32 Å². The fourth-order valence-electron chi connectivity index (χ4n) is 3.05. The first kappa shape index (κ1) is 20.7. The van der Waals surface area contributed by atoms with Crippen LogP contribution in [-0.2, 0) is 20.2 Å². The van der Waals surface area contributed by atoms with Crippen molar-refractivity contribution in [2.75, 3.05) is 4.72 Å². The Morgan fingerprint density at radius 2 is 1.82 bits per heavy atom. The Morgan fingerprint density at radius 1 is 1.18 bits per heavy atom. The summed E-state index contributed by atoms with van der Waals surface area (Å²) in [5.74, 6) is 0.0458. The molecule has 7 heteroatoms. The number of anilines is 1. The minimum Gasteiger partial charge on any atom is -0.353 e. The molecule has 2 N–H and O–H groups in total. The highest BCUT2D eigenvalue weighted by Crippen LogP contribution is 2.48. The standard InChI is InChI=1S/C21H25ClN2O3S/c1-4-15(3)23-20(25)21(11-12-21)16-6-8-17(9-7-16)24-28(26,27)18-10-5-14(2)19(22)13-18/h5-10,13,15,24H,4,11-12H2,1-3H3,(H,23,25). The van der Waals surface area contributed by atoms with E-state index in [1.807, 2.05) is 32.9 Å². The third kappa shape index (κ3) is 4.18. The second-order valence-electron chi connectivity index (χ2n) is 7.46. The van der Waals surface area contributed by atoms with Crippen LogP contribution in [0.1, 0.15) is 44.2 Å². The molecule has 1 amide bonds. The Balaban J connectivity index is 1.76. The van der Waals surface area contributed by atoms with Gasteiger partial charge in [-0.15, -0.1) is 0 Å². The molecule has 2 aromatic rings. The van der Waals surface area contributed by atoms with Gasteiger partial charge in [0, 0.05) is 16.8 Å². The van der Waals surface area contributed by atoms with Crippen LogP contribution in [0.4, 0.5) is 5.69 Å². The number of halogens is 1. The van der Waals surface area contributed by atoms with E-state index in [-0.39, 0.29) is 16.8 Å². The lowest BCUT2D eigenvalue weighted by atomic mass is 9.94. The monoisotopic (exact) mass is 420 g/mol. The lowest BCUT2D eigenvalue weighted by Crippen LogP contribution is -2.39. The third-order valence-corrected chi connectivity index (χ3v) is 7.10. The first-order chi connectivity index (χ1) is 13.2. The molecule has 1 aliphatic rings. The van der Waals surface area contributed by atoms with E-state index in [4.69, 9.17) is 11.6 Å². The zero-order chi connectivity index (χ0) is 20.5. The van der Waals surface area contributed by atoms with E-state index in [2.05, 4.69) is 10.0 Å². The van der Waals surface area contributed by atoms with Gasteiger partial charge in [-0.1, -0.05) is 36.7 Å². The molecule has 0 aromatic heterocycles. The molecule has 0 spiro atoms. The number of hydrogen-bond donors (Lipinski definition) is 2. The van der Waals surface area contributed by atoms with E-state index in [1.54, 1.807) is 18.2 Å². The summed E-state index contributed by atoms with van der Waals surface area (Å²) in [6, 6.07) is 11.8. The van der Waals surface area contributed by atoms with Crippen molar-refractivity contribution < 1.29 is 13.2 Å². The molecule has 0 aliphatic heterocycles. The molecule has 28 heavy (non-hydrogen) atoms. The Hall–Kier alpha value is -2.05. The summed E-state index contributed by atoms with van der Waals surface area (Å²) in [6.45, 7) is 5.84. The third-order valence-electron chi connectivity index (χ3n) is 5.32. The number of nitrogens with one attached hydrogen (secondary N) is 2. The summed E-state index contributed by atoms with van der Waals surface area (Å²) in [5.41, 5.74) is 1.69. The molecule has 3 rings (SSSR count). The Kier molecular flexibility index (Phi) is 5.73. The maximum Gasteiger partial charge on any atom is 0.261 e. The van der Waals surface area contributed by atoms with Crippen molar-refractivity contribution in [3.05, 3.63) is 58.6 Å². The molecule has 1 saturated carbocycles. The average Bonchev–Trinajstić information content (AvgIpc) is 3.46. The summed E-state index contributed by atoms with van der Waals surface area (Å²) in [7, 11) is -3.73. The second kappa shape index (κ2) is 7.76. The maximum absolute atomic E-state index is 12.6. The molecule has 2 aromatic carbocycles. The van der Waals surface area contributed by atoms with Crippen molar-refractivity contribution in [2.24, 2.45) is 0 Å². The van der Waals surface area contributed by atoms with Crippen molar-refractivity contribution in [3.8, 4) is 0 Å². The van der Waals surface area contributed by atoms with Crippen LogP contribution in [0.5, 0.6) is 0 Å². The van der Waals surface area contributed by atoms with Gasteiger partial charge in [-0.25, -0.2) is 8.42 Å². The van der Waals surface area contributed by atoms with Gasteiger partial charge in [0.15, 0.2) is 0 Å². The molecule has 5 nitrogen and oxygen atoms in total. The first-order valence-corrected chi connectivity index (χ1v) is 11.2. The number of aryl methyl sites for hydroxylation is 1. The van der Waals surface area contributed by atoms with Crippen molar-refractivity contribution in [1.29, 1.82) is 0 Å². The van der Waals surface area contributed by atoms with E-state index >= 15 is 0 Å². The van der Waals surface area contributed by atoms with E-state index in [9.17, 15) is 13.2 Å². The number of carbonyl (C=O) groups excluding carboxylic acids is 1. The number of rotatable bonds is 7. The van der Waals surface area contributed by atoms with Crippen LogP contribution < -0.4 is 10.0 Å². The van der Waals surface area contributed by atoms with Crippen LogP contribution in [0.2, 0.25) is 5.02 Å². The first-order valence-electron chi connectivity index (χ1n) is 9.38. The predicted octanol–water partition coefficient (Wildman–Crippen LogP) is 4.40. The van der Waals surface area contributed by atoms with E-state index in [0.29, 0.717) is 10.7 Å². The fourth-order valence-corrected chi connectivity index (χ4v) is 4.38. The number of carbonyl (C=O) groups is 1. The van der Waals surface area contributed by atoms with Crippen LogP contribution in [0.15, 0.2) is 47.4 Å². The van der Waals surface area contributed by atoms with Gasteiger partial charge in [-0.05, 0) is 68.5 Å². The van der Waals surface area contributed by atoms with Crippen LogP contribution in [0.25, 0.3) is 0 Å². The van der Waals surface area contributed by atoms with Crippen molar-refractivity contribution in [2.45, 2.75) is 56.4 Å². The zero-order valence-electron chi connectivity index (χ0n) is 16.3. The van der Waals surface area contributed by atoms with Gasteiger partial charge in [0.1, 0.15) is 0 Å². The topological polar surface area (TPSA) is 75.3 Å². The van der Waals surface area contributed by atoms with Gasteiger partial charge in [-0.3, -0.25) is 9.52 Å². The molecule has 1 unspecified atom stereocenters. The lowest BCUT2D eigenvalue weighted by Gasteiger charge is -2.19. The summed E-state index contributed by atoms with van der Waals surface area (Å²) in [4.78, 5) is 12.7. The summed E-state index contributed by atoms with van der Waals surface area (Å²) in [6.07, 6.45) is 2.50. The molecule has 1 atom stereocenters. The number of amides is 1. The Bertz CT molecular complexity index is 983. The summed E-state index contributed by atoms with van der Waals surface area (Å²) >= 11 is 6.05. The molecular formula is C21H25ClN2O3S. The summed E-state index contributed by atoms with van der Waals surface area (Å²) < 4.78 is 27.7. The van der Waals surface area contributed by atoms with Crippen LogP contribution in [0, 0.1) is 6.92 Å². The average molecular weight is 421 g/mol. The van der Waals surface area contributed by atoms with Gasteiger partial charge in [0.05, 0.1) is 10.3 Å². The van der Waals surface area contributed by atoms with Crippen molar-refractivity contribution in [1.82, 2.24) is 5.32 Å².